The molecule has 0 saturated heterocycles. The van der Waals surface area contributed by atoms with E-state index in [0.717, 1.165) is 40.4 Å². The molecule has 0 saturated carbocycles. The summed E-state index contributed by atoms with van der Waals surface area (Å²) in [5.41, 5.74) is 0.0458. The van der Waals surface area contributed by atoms with Crippen LogP contribution in [0.2, 0.25) is 0 Å². The maximum Gasteiger partial charge on any atom is 0.416 e. The van der Waals surface area contributed by atoms with Crippen molar-refractivity contribution in [3.8, 4) is 0 Å². The lowest BCUT2D eigenvalue weighted by atomic mass is 10.1. The van der Waals surface area contributed by atoms with Gasteiger partial charge in [-0.1, -0.05) is 31.2 Å². The number of carbonyl (C=O) groups is 1. The summed E-state index contributed by atoms with van der Waals surface area (Å²) in [6.45, 7) is 1.35. The molecule has 198 valence electrons. The van der Waals surface area contributed by atoms with Gasteiger partial charge in [-0.3, -0.25) is 13.8 Å². The lowest BCUT2D eigenvalue weighted by Crippen LogP contribution is -2.38. The molecule has 1 amide bonds. The zero-order valence-corrected chi connectivity index (χ0v) is 21.4. The third-order valence-corrected chi connectivity index (χ3v) is 7.74. The Morgan fingerprint density at radius 2 is 1.54 bits per heavy atom. The molecule has 13 heteroatoms. The van der Waals surface area contributed by atoms with E-state index < -0.39 is 44.2 Å². The van der Waals surface area contributed by atoms with E-state index in [4.69, 9.17) is 0 Å². The van der Waals surface area contributed by atoms with E-state index in [-0.39, 0.29) is 16.3 Å². The number of alkyl halides is 3. The van der Waals surface area contributed by atoms with E-state index in [2.05, 4.69) is 10.0 Å². The van der Waals surface area contributed by atoms with Crippen LogP contribution in [0.4, 0.5) is 30.2 Å². The number of carbonyl (C=O) groups excluding carboxylic acids is 1. The van der Waals surface area contributed by atoms with Crippen LogP contribution >= 0.6 is 0 Å². The minimum absolute atomic E-state index is 0.195. The summed E-state index contributed by atoms with van der Waals surface area (Å²) >= 11 is 0. The highest BCUT2D eigenvalue weighted by Gasteiger charge is 2.31. The van der Waals surface area contributed by atoms with Crippen molar-refractivity contribution in [3.05, 3.63) is 83.9 Å². The number of aryl methyl sites for hydroxylation is 1. The predicted octanol–water partition coefficient (Wildman–Crippen LogP) is 4.47. The maximum atomic E-state index is 12.9. The summed E-state index contributed by atoms with van der Waals surface area (Å²) in [5.74, 6) is -0.658. The van der Waals surface area contributed by atoms with Crippen LogP contribution in [-0.4, -0.2) is 35.5 Å². The van der Waals surface area contributed by atoms with Crippen LogP contribution < -0.4 is 14.3 Å². The number of nitrogens with zero attached hydrogens (tertiary/aromatic N) is 1. The zero-order chi connectivity index (χ0) is 27.4. The fourth-order valence-electron chi connectivity index (χ4n) is 3.46. The highest BCUT2D eigenvalue weighted by atomic mass is 32.2. The molecule has 0 heterocycles. The first kappa shape index (κ1) is 28.0. The van der Waals surface area contributed by atoms with Gasteiger partial charge in [0.25, 0.3) is 10.0 Å². The fraction of sp³-hybridized carbons (Fsp3) is 0.208. The third-order valence-electron chi connectivity index (χ3n) is 5.22. The van der Waals surface area contributed by atoms with E-state index >= 15 is 0 Å². The molecule has 0 unspecified atom stereocenters. The molecule has 3 rings (SSSR count). The summed E-state index contributed by atoms with van der Waals surface area (Å²) in [6.07, 6.45) is -3.09. The van der Waals surface area contributed by atoms with Crippen molar-refractivity contribution in [1.29, 1.82) is 0 Å². The van der Waals surface area contributed by atoms with E-state index in [0.29, 0.717) is 18.2 Å². The predicted molar refractivity (Wildman–Crippen MR) is 135 cm³/mol. The van der Waals surface area contributed by atoms with Crippen LogP contribution in [0.5, 0.6) is 0 Å². The quantitative estimate of drug-likeness (QED) is 0.405. The van der Waals surface area contributed by atoms with Gasteiger partial charge in [-0.25, -0.2) is 16.8 Å². The first-order valence-electron chi connectivity index (χ1n) is 10.9. The van der Waals surface area contributed by atoms with E-state index in [1.807, 2.05) is 6.92 Å². The van der Waals surface area contributed by atoms with Crippen LogP contribution in [0.25, 0.3) is 0 Å². The lowest BCUT2D eigenvalue weighted by Gasteiger charge is -2.24. The Morgan fingerprint density at radius 1 is 0.892 bits per heavy atom. The molecule has 37 heavy (non-hydrogen) atoms. The first-order valence-corrected chi connectivity index (χ1v) is 14.2. The number of hydrogen-bond donors (Lipinski definition) is 2. The highest BCUT2D eigenvalue weighted by molar-refractivity contribution is 7.92. The molecule has 0 aliphatic carbocycles. The number of hydrogen-bond acceptors (Lipinski definition) is 5. The zero-order valence-electron chi connectivity index (χ0n) is 19.8. The summed E-state index contributed by atoms with van der Waals surface area (Å²) in [6, 6.07) is 15.4. The van der Waals surface area contributed by atoms with Gasteiger partial charge < -0.3 is 5.32 Å². The molecule has 2 N–H and O–H groups in total. The van der Waals surface area contributed by atoms with Crippen molar-refractivity contribution in [1.82, 2.24) is 0 Å². The van der Waals surface area contributed by atoms with Crippen molar-refractivity contribution in [2.24, 2.45) is 0 Å². The van der Waals surface area contributed by atoms with E-state index in [1.165, 1.54) is 18.2 Å². The molecule has 0 spiro atoms. The Kier molecular flexibility index (Phi) is 8.18. The second kappa shape index (κ2) is 10.8. The highest BCUT2D eigenvalue weighted by Crippen LogP contribution is 2.31. The molecule has 3 aromatic rings. The number of sulfonamides is 2. The average molecular weight is 556 g/mol. The van der Waals surface area contributed by atoms with E-state index in [9.17, 15) is 34.8 Å². The summed E-state index contributed by atoms with van der Waals surface area (Å²) in [5, 5.41) is 2.52. The maximum absolute atomic E-state index is 12.9. The van der Waals surface area contributed by atoms with E-state index in [1.54, 1.807) is 24.3 Å². The van der Waals surface area contributed by atoms with Crippen molar-refractivity contribution in [2.45, 2.75) is 24.4 Å². The number of halogens is 3. The van der Waals surface area contributed by atoms with Gasteiger partial charge in [-0.2, -0.15) is 13.2 Å². The van der Waals surface area contributed by atoms with Gasteiger partial charge >= 0.3 is 6.18 Å². The summed E-state index contributed by atoms with van der Waals surface area (Å²) in [4.78, 5) is 12.4. The first-order chi connectivity index (χ1) is 17.2. The molecule has 0 atom stereocenters. The second-order valence-electron chi connectivity index (χ2n) is 8.01. The normalized spacial score (nSPS) is 12.1. The van der Waals surface area contributed by atoms with Crippen LogP contribution in [0.15, 0.2) is 77.7 Å². The standard InChI is InChI=1S/C24H24F3N3O5S2/c1-3-17-7-4-5-10-22(17)30(36(2,32)33)16-23(31)28-19-11-13-21(14-12-19)37(34,35)29-20-9-6-8-18(15-20)24(25,26)27/h4-15,29H,3,16H2,1-2H3,(H,28,31). The minimum atomic E-state index is -4.63. The Hall–Kier alpha value is -3.58. The number of para-hydroxylation sites is 1. The number of benzene rings is 3. The summed E-state index contributed by atoms with van der Waals surface area (Å²) < 4.78 is 91.8. The van der Waals surface area contributed by atoms with Gasteiger partial charge in [0.1, 0.15) is 6.54 Å². The molecule has 0 fully saturated rings. The third kappa shape index (κ3) is 7.23. The van der Waals surface area contributed by atoms with Crippen LogP contribution in [-0.2, 0) is 37.4 Å². The number of anilines is 3. The number of amides is 1. The molecular weight excluding hydrogens is 531 g/mol. The largest absolute Gasteiger partial charge is 0.416 e. The molecule has 0 bridgehead atoms. The molecular formula is C24H24F3N3O5S2. The monoisotopic (exact) mass is 555 g/mol. The van der Waals surface area contributed by atoms with Gasteiger partial charge in [0.15, 0.2) is 0 Å². The van der Waals surface area contributed by atoms with Crippen LogP contribution in [0, 0.1) is 0 Å². The van der Waals surface area contributed by atoms with Crippen molar-refractivity contribution in [2.75, 3.05) is 27.1 Å². The topological polar surface area (TPSA) is 113 Å². The minimum Gasteiger partial charge on any atom is -0.325 e. The van der Waals surface area contributed by atoms with Gasteiger partial charge in [0.2, 0.25) is 15.9 Å². The van der Waals surface area contributed by atoms with Gasteiger partial charge in [0.05, 0.1) is 22.4 Å². The molecule has 0 aromatic heterocycles. The van der Waals surface area contributed by atoms with Gasteiger partial charge in [0, 0.05) is 11.4 Å². The van der Waals surface area contributed by atoms with Crippen molar-refractivity contribution < 1.29 is 34.8 Å². The number of rotatable bonds is 9. The Bertz CT molecular complexity index is 1490. The van der Waals surface area contributed by atoms with Crippen LogP contribution in [0.3, 0.4) is 0 Å². The second-order valence-corrected chi connectivity index (χ2v) is 11.6. The Balaban J connectivity index is 1.74. The van der Waals surface area contributed by atoms with Gasteiger partial charge in [-0.05, 0) is 60.5 Å². The van der Waals surface area contributed by atoms with Crippen LogP contribution in [0.1, 0.15) is 18.1 Å². The molecule has 0 aliphatic rings. The molecule has 3 aromatic carbocycles. The Labute approximate surface area is 213 Å². The molecule has 0 radical (unpaired) electrons. The lowest BCUT2D eigenvalue weighted by molar-refractivity contribution is -0.137. The van der Waals surface area contributed by atoms with Crippen molar-refractivity contribution in [3.63, 3.8) is 0 Å². The number of nitrogens with one attached hydrogen (secondary N) is 2. The average Bonchev–Trinajstić information content (AvgIpc) is 2.81. The van der Waals surface area contributed by atoms with Crippen molar-refractivity contribution >= 4 is 43.0 Å². The molecule has 8 nitrogen and oxygen atoms in total. The SMILES string of the molecule is CCc1ccccc1N(CC(=O)Nc1ccc(S(=O)(=O)Nc2cccc(C(F)(F)F)c2)cc1)S(C)(=O)=O. The molecule has 0 aliphatic heterocycles. The summed E-state index contributed by atoms with van der Waals surface area (Å²) in [7, 11) is -8.01. The smallest absolute Gasteiger partial charge is 0.325 e. The fourth-order valence-corrected chi connectivity index (χ4v) is 5.39. The van der Waals surface area contributed by atoms with Gasteiger partial charge in [-0.15, -0.1) is 0 Å². The Morgan fingerprint density at radius 3 is 2.14 bits per heavy atom.